The number of aliphatic hydroxyl groups is 1. The van der Waals surface area contributed by atoms with Gasteiger partial charge in [-0.25, -0.2) is 9.97 Å². The fourth-order valence-electron chi connectivity index (χ4n) is 2.03. The Balaban J connectivity index is 1.94. The van der Waals surface area contributed by atoms with Gasteiger partial charge in [0.1, 0.15) is 0 Å². The van der Waals surface area contributed by atoms with Crippen LogP contribution < -0.4 is 4.90 Å². The Labute approximate surface area is 93.6 Å². The van der Waals surface area contributed by atoms with Gasteiger partial charge in [0, 0.05) is 11.6 Å². The van der Waals surface area contributed by atoms with Crippen molar-refractivity contribution in [3.63, 3.8) is 0 Å². The van der Waals surface area contributed by atoms with Crippen LogP contribution in [0.15, 0.2) is 30.5 Å². The Bertz CT molecular complexity index is 531. The molecule has 2 aromatic rings. The van der Waals surface area contributed by atoms with E-state index in [4.69, 9.17) is 0 Å². The van der Waals surface area contributed by atoms with Crippen LogP contribution >= 0.6 is 0 Å². The van der Waals surface area contributed by atoms with E-state index in [1.807, 2.05) is 42.3 Å². The van der Waals surface area contributed by atoms with Gasteiger partial charge in [-0.15, -0.1) is 0 Å². The third-order valence-electron chi connectivity index (χ3n) is 2.82. The molecule has 1 aliphatic rings. The summed E-state index contributed by atoms with van der Waals surface area (Å²) < 4.78 is 0. The molecule has 16 heavy (non-hydrogen) atoms. The summed E-state index contributed by atoms with van der Waals surface area (Å²) in [7, 11) is 0. The van der Waals surface area contributed by atoms with E-state index in [0.717, 1.165) is 10.9 Å². The van der Waals surface area contributed by atoms with Gasteiger partial charge >= 0.3 is 0 Å². The van der Waals surface area contributed by atoms with Gasteiger partial charge in [0.25, 0.3) is 0 Å². The van der Waals surface area contributed by atoms with Crippen molar-refractivity contribution in [3.8, 4) is 0 Å². The number of rotatable bonds is 1. The fourth-order valence-corrected chi connectivity index (χ4v) is 2.03. The molecule has 0 saturated carbocycles. The first-order valence-electron chi connectivity index (χ1n) is 5.33. The number of hydrogen-bond donors (Lipinski definition) is 1. The number of aromatic nitrogens is 2. The molecule has 0 bridgehead atoms. The maximum absolute atomic E-state index is 9.66. The first-order chi connectivity index (χ1) is 7.64. The van der Waals surface area contributed by atoms with Gasteiger partial charge < -0.3 is 10.0 Å². The monoisotopic (exact) mass is 215 g/mol. The van der Waals surface area contributed by atoms with Crippen molar-refractivity contribution in [2.45, 2.75) is 12.5 Å². The number of para-hydroxylation sites is 1. The molecule has 1 aromatic heterocycles. The zero-order valence-corrected chi connectivity index (χ0v) is 9.09. The zero-order chi connectivity index (χ0) is 11.2. The van der Waals surface area contributed by atoms with E-state index in [2.05, 4.69) is 9.97 Å². The lowest BCUT2D eigenvalue weighted by atomic mass is 9.98. The molecule has 1 saturated heterocycles. The van der Waals surface area contributed by atoms with Gasteiger partial charge in [-0.2, -0.15) is 0 Å². The fraction of sp³-hybridized carbons (Fsp3) is 0.333. The maximum Gasteiger partial charge on any atom is 0.226 e. The first-order valence-corrected chi connectivity index (χ1v) is 5.33. The minimum absolute atomic E-state index is 0.588. The van der Waals surface area contributed by atoms with Gasteiger partial charge in [0.05, 0.1) is 24.2 Å². The van der Waals surface area contributed by atoms with Crippen LogP contribution in [0.1, 0.15) is 6.92 Å². The van der Waals surface area contributed by atoms with Crippen molar-refractivity contribution >= 4 is 16.9 Å². The van der Waals surface area contributed by atoms with Crippen LogP contribution in [-0.2, 0) is 0 Å². The molecule has 4 nitrogen and oxygen atoms in total. The van der Waals surface area contributed by atoms with E-state index in [-0.39, 0.29) is 0 Å². The molecule has 4 heteroatoms. The number of nitrogens with zero attached hydrogens (tertiary/aromatic N) is 3. The van der Waals surface area contributed by atoms with Crippen LogP contribution in [0.5, 0.6) is 0 Å². The smallest absolute Gasteiger partial charge is 0.226 e. The third-order valence-corrected chi connectivity index (χ3v) is 2.82. The van der Waals surface area contributed by atoms with E-state index in [9.17, 15) is 5.11 Å². The highest BCUT2D eigenvalue weighted by atomic mass is 16.3. The number of anilines is 1. The van der Waals surface area contributed by atoms with Crippen LogP contribution in [0, 0.1) is 0 Å². The first kappa shape index (κ1) is 9.54. The lowest BCUT2D eigenvalue weighted by Gasteiger charge is -2.44. The molecule has 1 N–H and O–H groups in total. The van der Waals surface area contributed by atoms with E-state index >= 15 is 0 Å². The number of β-amino-alcohol motifs (C(OH)–C–C–N with tert-alkyl or cyclic N) is 1. The van der Waals surface area contributed by atoms with E-state index in [1.54, 1.807) is 0 Å². The normalized spacial score (nSPS) is 18.5. The summed E-state index contributed by atoms with van der Waals surface area (Å²) in [6.45, 7) is 3.03. The van der Waals surface area contributed by atoms with Gasteiger partial charge in [-0.05, 0) is 13.0 Å². The third kappa shape index (κ3) is 1.51. The van der Waals surface area contributed by atoms with Crippen molar-refractivity contribution in [1.82, 2.24) is 9.97 Å². The summed E-state index contributed by atoms with van der Waals surface area (Å²) in [5, 5.41) is 10.7. The molecule has 0 amide bonds. The average molecular weight is 215 g/mol. The summed E-state index contributed by atoms with van der Waals surface area (Å²) in [4.78, 5) is 10.7. The Morgan fingerprint density at radius 2 is 2.06 bits per heavy atom. The molecule has 0 atom stereocenters. The van der Waals surface area contributed by atoms with Crippen LogP contribution in [0.25, 0.3) is 10.9 Å². The van der Waals surface area contributed by atoms with E-state index in [1.165, 1.54) is 0 Å². The minimum Gasteiger partial charge on any atom is -0.386 e. The van der Waals surface area contributed by atoms with Crippen molar-refractivity contribution in [3.05, 3.63) is 30.5 Å². The second-order valence-corrected chi connectivity index (χ2v) is 4.58. The maximum atomic E-state index is 9.66. The molecule has 0 unspecified atom stereocenters. The van der Waals surface area contributed by atoms with Crippen molar-refractivity contribution in [2.75, 3.05) is 18.0 Å². The van der Waals surface area contributed by atoms with Crippen molar-refractivity contribution < 1.29 is 5.11 Å². The summed E-state index contributed by atoms with van der Waals surface area (Å²) in [5.41, 5.74) is 0.355. The van der Waals surface area contributed by atoms with E-state index in [0.29, 0.717) is 19.0 Å². The summed E-state index contributed by atoms with van der Waals surface area (Å²) in [6, 6.07) is 7.90. The van der Waals surface area contributed by atoms with Gasteiger partial charge in [-0.3, -0.25) is 0 Å². The minimum atomic E-state index is -0.588. The second kappa shape index (κ2) is 3.15. The standard InChI is InChI=1S/C12H13N3O/c1-12(16)7-15(8-12)11-13-6-9-4-2-3-5-10(9)14-11/h2-6,16H,7-8H2,1H3. The highest BCUT2D eigenvalue weighted by Crippen LogP contribution is 2.25. The molecule has 3 rings (SSSR count). The highest BCUT2D eigenvalue weighted by molar-refractivity contribution is 5.78. The summed E-state index contributed by atoms with van der Waals surface area (Å²) in [5.74, 6) is 0.699. The lowest BCUT2D eigenvalue weighted by Crippen LogP contribution is -2.60. The number of benzene rings is 1. The molecule has 0 spiro atoms. The quantitative estimate of drug-likeness (QED) is 0.776. The summed E-state index contributed by atoms with van der Waals surface area (Å²) >= 11 is 0. The lowest BCUT2D eigenvalue weighted by molar-refractivity contribution is 0.0300. The largest absolute Gasteiger partial charge is 0.386 e. The molecule has 1 aliphatic heterocycles. The zero-order valence-electron chi connectivity index (χ0n) is 9.09. The molecule has 1 aromatic carbocycles. The number of fused-ring (bicyclic) bond motifs is 1. The molecule has 2 heterocycles. The van der Waals surface area contributed by atoms with Crippen LogP contribution in [0.4, 0.5) is 5.95 Å². The van der Waals surface area contributed by atoms with Gasteiger partial charge in [-0.1, -0.05) is 18.2 Å². The van der Waals surface area contributed by atoms with Crippen LogP contribution in [-0.4, -0.2) is 33.8 Å². The Morgan fingerprint density at radius 3 is 2.81 bits per heavy atom. The summed E-state index contributed by atoms with van der Waals surface area (Å²) in [6.07, 6.45) is 1.82. The Kier molecular flexibility index (Phi) is 1.88. The Morgan fingerprint density at radius 1 is 1.31 bits per heavy atom. The Hall–Kier alpha value is -1.68. The predicted octanol–water partition coefficient (Wildman–Crippen LogP) is 1.20. The molecule has 0 radical (unpaired) electrons. The predicted molar refractivity (Wildman–Crippen MR) is 62.4 cm³/mol. The van der Waals surface area contributed by atoms with Gasteiger partial charge in [0.2, 0.25) is 5.95 Å². The highest BCUT2D eigenvalue weighted by Gasteiger charge is 2.37. The van der Waals surface area contributed by atoms with Crippen LogP contribution in [0.3, 0.4) is 0 Å². The van der Waals surface area contributed by atoms with Crippen LogP contribution in [0.2, 0.25) is 0 Å². The molecule has 82 valence electrons. The topological polar surface area (TPSA) is 49.2 Å². The SMILES string of the molecule is CC1(O)CN(c2ncc3ccccc3n2)C1. The van der Waals surface area contributed by atoms with E-state index < -0.39 is 5.60 Å². The molecular weight excluding hydrogens is 202 g/mol. The second-order valence-electron chi connectivity index (χ2n) is 4.58. The molecule has 0 aliphatic carbocycles. The van der Waals surface area contributed by atoms with Crippen molar-refractivity contribution in [1.29, 1.82) is 0 Å². The van der Waals surface area contributed by atoms with Gasteiger partial charge in [0.15, 0.2) is 0 Å². The van der Waals surface area contributed by atoms with Crippen molar-refractivity contribution in [2.24, 2.45) is 0 Å². The molecular formula is C12H13N3O. The average Bonchev–Trinajstić information content (AvgIpc) is 2.25. The number of hydrogen-bond acceptors (Lipinski definition) is 4. The molecule has 1 fully saturated rings.